The monoisotopic (exact) mass is 256 g/mol. The number of rotatable bonds is 3. The Hall–Kier alpha value is -2.25. The van der Waals surface area contributed by atoms with Gasteiger partial charge in [-0.15, -0.1) is 10.2 Å². The minimum Gasteiger partial charge on any atom is -0.289 e. The second-order valence-corrected chi connectivity index (χ2v) is 3.53. The number of nitrogens with zero attached hydrogens (tertiary/aromatic N) is 3. The lowest BCUT2D eigenvalue weighted by Crippen LogP contribution is -2.24. The third kappa shape index (κ3) is 2.70. The van der Waals surface area contributed by atoms with E-state index in [4.69, 9.17) is 0 Å². The topological polar surface area (TPSA) is 71.5 Å². The van der Waals surface area contributed by atoms with Crippen molar-refractivity contribution in [3.8, 4) is 11.4 Å². The van der Waals surface area contributed by atoms with Gasteiger partial charge in [0.25, 0.3) is 0 Å². The highest BCUT2D eigenvalue weighted by Gasteiger charge is 2.37. The number of tetrazole rings is 1. The number of benzene rings is 1. The van der Waals surface area contributed by atoms with Crippen molar-refractivity contribution in [2.45, 2.75) is 12.6 Å². The summed E-state index contributed by atoms with van der Waals surface area (Å²) in [7, 11) is 0. The maximum Gasteiger partial charge on any atom is 0.450 e. The van der Waals surface area contributed by atoms with Crippen LogP contribution in [0.1, 0.15) is 5.56 Å². The first-order valence-electron chi connectivity index (χ1n) is 4.89. The van der Waals surface area contributed by atoms with E-state index in [1.807, 2.05) is 0 Å². The summed E-state index contributed by atoms with van der Waals surface area (Å²) < 4.78 is 36.4. The molecule has 0 atom stereocenters. The number of aromatic amines is 1. The maximum atomic E-state index is 12.1. The Morgan fingerprint density at radius 2 is 2.11 bits per heavy atom. The molecule has 0 saturated carbocycles. The number of hydrogen-bond acceptors (Lipinski definition) is 4. The molecule has 0 bridgehead atoms. The number of carbonyl (C=O) groups is 1. The minimum absolute atomic E-state index is 0.250. The maximum absolute atomic E-state index is 12.1. The zero-order valence-electron chi connectivity index (χ0n) is 8.90. The van der Waals surface area contributed by atoms with Crippen LogP contribution in [0, 0.1) is 0 Å². The molecule has 0 spiro atoms. The molecular formula is C10H7F3N4O. The number of halogens is 3. The highest BCUT2D eigenvalue weighted by molar-refractivity contribution is 5.86. The first kappa shape index (κ1) is 12.2. The van der Waals surface area contributed by atoms with Crippen LogP contribution >= 0.6 is 0 Å². The number of nitrogens with one attached hydrogen (secondary N) is 1. The molecule has 2 aromatic rings. The lowest BCUT2D eigenvalue weighted by Gasteiger charge is -2.05. The first-order chi connectivity index (χ1) is 8.47. The van der Waals surface area contributed by atoms with Crippen molar-refractivity contribution in [1.82, 2.24) is 20.6 Å². The van der Waals surface area contributed by atoms with Crippen molar-refractivity contribution in [2.24, 2.45) is 0 Å². The number of H-pyrrole nitrogens is 1. The fraction of sp³-hybridized carbons (Fsp3) is 0.200. The fourth-order valence-corrected chi connectivity index (χ4v) is 1.39. The van der Waals surface area contributed by atoms with E-state index < -0.39 is 18.4 Å². The van der Waals surface area contributed by atoms with Crippen LogP contribution in [0.2, 0.25) is 0 Å². The van der Waals surface area contributed by atoms with E-state index in [0.717, 1.165) is 0 Å². The first-order valence-corrected chi connectivity index (χ1v) is 4.89. The van der Waals surface area contributed by atoms with Crippen LogP contribution in [0.5, 0.6) is 0 Å². The van der Waals surface area contributed by atoms with Gasteiger partial charge in [-0.05, 0) is 16.8 Å². The zero-order chi connectivity index (χ0) is 13.2. The van der Waals surface area contributed by atoms with E-state index in [9.17, 15) is 18.0 Å². The molecule has 0 unspecified atom stereocenters. The number of alkyl halides is 3. The highest BCUT2D eigenvalue weighted by atomic mass is 19.4. The lowest BCUT2D eigenvalue weighted by atomic mass is 10.1. The van der Waals surface area contributed by atoms with Crippen molar-refractivity contribution in [1.29, 1.82) is 0 Å². The Morgan fingerprint density at radius 3 is 2.72 bits per heavy atom. The third-order valence-corrected chi connectivity index (χ3v) is 2.21. The second kappa shape index (κ2) is 4.55. The van der Waals surface area contributed by atoms with Gasteiger partial charge in [0.05, 0.1) is 0 Å². The van der Waals surface area contributed by atoms with Crippen LogP contribution in [0.3, 0.4) is 0 Å². The molecule has 0 fully saturated rings. The smallest absolute Gasteiger partial charge is 0.289 e. The predicted octanol–water partition coefficient (Wildman–Crippen LogP) is 1.54. The average Bonchev–Trinajstić information content (AvgIpc) is 2.81. The van der Waals surface area contributed by atoms with E-state index >= 15 is 0 Å². The van der Waals surface area contributed by atoms with E-state index in [1.165, 1.54) is 18.2 Å². The van der Waals surface area contributed by atoms with Crippen molar-refractivity contribution in [2.75, 3.05) is 0 Å². The highest BCUT2D eigenvalue weighted by Crippen LogP contribution is 2.21. The van der Waals surface area contributed by atoms with Gasteiger partial charge in [0.1, 0.15) is 0 Å². The van der Waals surface area contributed by atoms with Gasteiger partial charge in [0.2, 0.25) is 11.6 Å². The molecule has 1 N–H and O–H groups in total. The molecule has 0 aliphatic carbocycles. The van der Waals surface area contributed by atoms with Gasteiger partial charge in [0.15, 0.2) is 0 Å². The number of carbonyl (C=O) groups excluding carboxylic acids is 1. The summed E-state index contributed by atoms with van der Waals surface area (Å²) in [5.74, 6) is -1.52. The molecule has 5 nitrogen and oxygen atoms in total. The molecule has 0 aliphatic heterocycles. The average molecular weight is 256 g/mol. The van der Waals surface area contributed by atoms with Crippen LogP contribution in [-0.4, -0.2) is 32.6 Å². The van der Waals surface area contributed by atoms with Crippen LogP contribution < -0.4 is 0 Å². The number of ketones is 1. The SMILES string of the molecule is O=C(Cc1cccc(-c2nn[nH]n2)c1)C(F)(F)F. The summed E-state index contributed by atoms with van der Waals surface area (Å²) in [4.78, 5) is 10.9. The van der Waals surface area contributed by atoms with Crippen molar-refractivity contribution in [3.05, 3.63) is 29.8 Å². The Kier molecular flexibility index (Phi) is 3.09. The summed E-state index contributed by atoms with van der Waals surface area (Å²) >= 11 is 0. The molecule has 94 valence electrons. The molecule has 0 amide bonds. The van der Waals surface area contributed by atoms with E-state index in [2.05, 4.69) is 20.6 Å². The molecule has 1 aromatic heterocycles. The van der Waals surface area contributed by atoms with Gasteiger partial charge in [-0.3, -0.25) is 4.79 Å². The van der Waals surface area contributed by atoms with Crippen LogP contribution in [0.25, 0.3) is 11.4 Å². The standard InChI is InChI=1S/C10H7F3N4O/c11-10(12,13)8(18)5-6-2-1-3-7(4-6)9-14-16-17-15-9/h1-4H,5H2,(H,14,15,16,17). The summed E-state index contributed by atoms with van der Waals surface area (Å²) in [5, 5.41) is 13.0. The van der Waals surface area contributed by atoms with Crippen LogP contribution in [0.15, 0.2) is 24.3 Å². The Labute approximate surface area is 99.0 Å². The molecule has 0 saturated heterocycles. The molecule has 0 aliphatic rings. The molecule has 18 heavy (non-hydrogen) atoms. The Morgan fingerprint density at radius 1 is 1.33 bits per heavy atom. The Balaban J connectivity index is 2.21. The largest absolute Gasteiger partial charge is 0.450 e. The second-order valence-electron chi connectivity index (χ2n) is 3.53. The van der Waals surface area contributed by atoms with Gasteiger partial charge in [0, 0.05) is 12.0 Å². The van der Waals surface area contributed by atoms with Crippen molar-refractivity contribution in [3.63, 3.8) is 0 Å². The van der Waals surface area contributed by atoms with Gasteiger partial charge in [-0.1, -0.05) is 18.2 Å². The van der Waals surface area contributed by atoms with Gasteiger partial charge < -0.3 is 0 Å². The number of hydrogen-bond donors (Lipinski definition) is 1. The van der Waals surface area contributed by atoms with Gasteiger partial charge in [-0.25, -0.2) is 0 Å². The molecule has 0 radical (unpaired) electrons. The molecule has 8 heteroatoms. The van der Waals surface area contributed by atoms with Crippen molar-refractivity contribution < 1.29 is 18.0 Å². The summed E-state index contributed by atoms with van der Waals surface area (Å²) in [5.41, 5.74) is 0.746. The third-order valence-electron chi connectivity index (χ3n) is 2.21. The van der Waals surface area contributed by atoms with E-state index in [0.29, 0.717) is 5.56 Å². The molecular weight excluding hydrogens is 249 g/mol. The summed E-state index contributed by atoms with van der Waals surface area (Å²) in [6.45, 7) is 0. The number of Topliss-reactive ketones (excluding diaryl/α,β-unsaturated/α-hetero) is 1. The quantitative estimate of drug-likeness (QED) is 0.904. The summed E-state index contributed by atoms with van der Waals surface area (Å²) in [6.07, 6.45) is -5.52. The predicted molar refractivity (Wildman–Crippen MR) is 54.4 cm³/mol. The van der Waals surface area contributed by atoms with Gasteiger partial charge in [-0.2, -0.15) is 18.4 Å². The fourth-order valence-electron chi connectivity index (χ4n) is 1.39. The normalized spacial score (nSPS) is 11.5. The summed E-state index contributed by atoms with van der Waals surface area (Å²) in [6, 6.07) is 6.01. The van der Waals surface area contributed by atoms with Gasteiger partial charge >= 0.3 is 6.18 Å². The number of aromatic nitrogens is 4. The molecule has 2 rings (SSSR count). The molecule has 1 heterocycles. The zero-order valence-corrected chi connectivity index (χ0v) is 8.90. The van der Waals surface area contributed by atoms with E-state index in [-0.39, 0.29) is 11.4 Å². The minimum atomic E-state index is -4.82. The molecule has 1 aromatic carbocycles. The van der Waals surface area contributed by atoms with Crippen molar-refractivity contribution >= 4 is 5.78 Å². The van der Waals surface area contributed by atoms with E-state index in [1.54, 1.807) is 6.07 Å². The Bertz CT molecular complexity index is 551. The van der Waals surface area contributed by atoms with Crippen LogP contribution in [0.4, 0.5) is 13.2 Å². The van der Waals surface area contributed by atoms with Crippen LogP contribution in [-0.2, 0) is 11.2 Å². The lowest BCUT2D eigenvalue weighted by molar-refractivity contribution is -0.170.